The number of hydrogen-bond donors (Lipinski definition) is 3. The molecule has 35 heavy (non-hydrogen) atoms. The van der Waals surface area contributed by atoms with Crippen molar-refractivity contribution in [1.82, 2.24) is 0 Å². The number of carbonyl (C=O) groups is 2. The van der Waals surface area contributed by atoms with Crippen molar-refractivity contribution >= 4 is 11.9 Å². The Kier molecular flexibility index (Phi) is 5.32. The number of fused-ring (bicyclic) bond motifs is 7. The topological polar surface area (TPSA) is 94.8 Å². The molecule has 0 bridgehead atoms. The van der Waals surface area contributed by atoms with E-state index in [-0.39, 0.29) is 33.7 Å². The van der Waals surface area contributed by atoms with Crippen molar-refractivity contribution in [3.8, 4) is 0 Å². The van der Waals surface area contributed by atoms with E-state index in [1.165, 1.54) is 5.57 Å². The summed E-state index contributed by atoms with van der Waals surface area (Å²) in [5, 5.41) is 31.4. The molecule has 0 heterocycles. The van der Waals surface area contributed by atoms with Gasteiger partial charge in [0.1, 0.15) is 0 Å². The van der Waals surface area contributed by atoms with Gasteiger partial charge < -0.3 is 15.3 Å². The van der Waals surface area contributed by atoms with Crippen molar-refractivity contribution in [1.29, 1.82) is 0 Å². The van der Waals surface area contributed by atoms with E-state index < -0.39 is 22.8 Å². The average molecular weight is 487 g/mol. The Morgan fingerprint density at radius 3 is 2.11 bits per heavy atom. The van der Waals surface area contributed by atoms with Crippen LogP contribution in [-0.2, 0) is 9.59 Å². The van der Waals surface area contributed by atoms with Gasteiger partial charge in [0.2, 0.25) is 0 Å². The van der Waals surface area contributed by atoms with Crippen LogP contribution in [0, 0.1) is 50.2 Å². The molecule has 0 unspecified atom stereocenters. The molecule has 0 radical (unpaired) electrons. The lowest BCUT2D eigenvalue weighted by Gasteiger charge is -2.71. The molecule has 196 valence electrons. The summed E-state index contributed by atoms with van der Waals surface area (Å²) in [6.45, 7) is 13.7. The Labute approximate surface area is 210 Å². The summed E-state index contributed by atoms with van der Waals surface area (Å²) in [6, 6.07) is 0. The van der Waals surface area contributed by atoms with E-state index in [2.05, 4.69) is 40.7 Å². The molecule has 0 aromatic rings. The van der Waals surface area contributed by atoms with E-state index in [0.717, 1.165) is 38.5 Å². The maximum Gasteiger partial charge on any atom is 0.310 e. The SMILES string of the molecule is CC1(C)[C@H]2CC[C@]3(C)[C@H](CC=C4[C@@H]5C[C@@](C)(C(=O)O)CC[C@]5(C(=O)O)CC[C@]43C)[C@@]2(C)CC[C@@H]1O. The van der Waals surface area contributed by atoms with Crippen LogP contribution in [-0.4, -0.2) is 33.4 Å². The van der Waals surface area contributed by atoms with Crippen LogP contribution in [0.3, 0.4) is 0 Å². The van der Waals surface area contributed by atoms with E-state index in [1.807, 2.05) is 6.92 Å². The van der Waals surface area contributed by atoms with Crippen LogP contribution in [0.4, 0.5) is 0 Å². The van der Waals surface area contributed by atoms with Crippen molar-refractivity contribution in [3.63, 3.8) is 0 Å². The molecule has 5 aliphatic rings. The predicted molar refractivity (Wildman–Crippen MR) is 135 cm³/mol. The Balaban J connectivity index is 1.60. The fourth-order valence-corrected chi connectivity index (χ4v) is 10.6. The van der Waals surface area contributed by atoms with E-state index in [9.17, 15) is 24.9 Å². The van der Waals surface area contributed by atoms with E-state index in [0.29, 0.717) is 37.5 Å². The highest BCUT2D eigenvalue weighted by atomic mass is 16.4. The first-order valence-electron chi connectivity index (χ1n) is 13.9. The zero-order valence-electron chi connectivity index (χ0n) is 22.6. The van der Waals surface area contributed by atoms with Gasteiger partial charge in [-0.25, -0.2) is 0 Å². The Morgan fingerprint density at radius 1 is 0.829 bits per heavy atom. The molecule has 5 rings (SSSR count). The number of rotatable bonds is 2. The van der Waals surface area contributed by atoms with Gasteiger partial charge >= 0.3 is 11.9 Å². The lowest BCUT2D eigenvalue weighted by molar-refractivity contribution is -0.206. The first-order valence-corrected chi connectivity index (χ1v) is 13.9. The van der Waals surface area contributed by atoms with Crippen LogP contribution in [0.25, 0.3) is 0 Å². The Bertz CT molecular complexity index is 983. The van der Waals surface area contributed by atoms with Gasteiger partial charge in [-0.2, -0.15) is 0 Å². The fourth-order valence-electron chi connectivity index (χ4n) is 10.6. The van der Waals surface area contributed by atoms with Crippen LogP contribution >= 0.6 is 0 Å². The number of aliphatic carboxylic acids is 2. The summed E-state index contributed by atoms with van der Waals surface area (Å²) in [7, 11) is 0. The molecule has 5 heteroatoms. The lowest BCUT2D eigenvalue weighted by Crippen LogP contribution is -2.65. The molecule has 0 aromatic heterocycles. The molecule has 4 fully saturated rings. The second kappa shape index (κ2) is 7.36. The van der Waals surface area contributed by atoms with Crippen LogP contribution in [0.2, 0.25) is 0 Å². The van der Waals surface area contributed by atoms with E-state index >= 15 is 0 Å². The van der Waals surface area contributed by atoms with E-state index in [1.54, 1.807) is 0 Å². The van der Waals surface area contributed by atoms with Gasteiger partial charge in [-0.05, 0) is 111 Å². The first kappa shape index (κ1) is 25.3. The van der Waals surface area contributed by atoms with Crippen molar-refractivity contribution in [3.05, 3.63) is 11.6 Å². The molecule has 5 aliphatic carbocycles. The summed E-state index contributed by atoms with van der Waals surface area (Å²) in [5.74, 6) is -0.770. The highest BCUT2D eigenvalue weighted by Crippen LogP contribution is 2.75. The number of allylic oxidation sites excluding steroid dienone is 2. The molecular formula is C30H46O5. The summed E-state index contributed by atoms with van der Waals surface area (Å²) in [4.78, 5) is 25.0. The third-order valence-electron chi connectivity index (χ3n) is 13.3. The fraction of sp³-hybridized carbons (Fsp3) is 0.867. The van der Waals surface area contributed by atoms with Crippen molar-refractivity contribution in [2.75, 3.05) is 0 Å². The minimum atomic E-state index is -0.867. The zero-order chi connectivity index (χ0) is 25.8. The summed E-state index contributed by atoms with van der Waals surface area (Å²) in [5.41, 5.74) is -0.474. The Hall–Kier alpha value is -1.36. The molecular weight excluding hydrogens is 440 g/mol. The minimum Gasteiger partial charge on any atom is -0.481 e. The van der Waals surface area contributed by atoms with Crippen LogP contribution in [0.1, 0.15) is 106 Å². The highest BCUT2D eigenvalue weighted by Gasteiger charge is 2.69. The first-order chi connectivity index (χ1) is 16.1. The lowest BCUT2D eigenvalue weighted by atomic mass is 9.33. The van der Waals surface area contributed by atoms with Crippen molar-refractivity contribution < 1.29 is 24.9 Å². The number of aliphatic hydroxyl groups is 1. The largest absolute Gasteiger partial charge is 0.481 e. The van der Waals surface area contributed by atoms with Crippen LogP contribution < -0.4 is 0 Å². The second-order valence-corrected chi connectivity index (χ2v) is 14.8. The van der Waals surface area contributed by atoms with Gasteiger partial charge in [0.05, 0.1) is 16.9 Å². The monoisotopic (exact) mass is 486 g/mol. The van der Waals surface area contributed by atoms with Gasteiger partial charge in [-0.15, -0.1) is 0 Å². The van der Waals surface area contributed by atoms with Crippen LogP contribution in [0.15, 0.2) is 11.6 Å². The maximum atomic E-state index is 12.8. The third kappa shape index (κ3) is 2.97. The van der Waals surface area contributed by atoms with Gasteiger partial charge in [0, 0.05) is 0 Å². The van der Waals surface area contributed by atoms with Gasteiger partial charge in [0.15, 0.2) is 0 Å². The molecule has 0 amide bonds. The standard InChI is InChI=1S/C30H46O5/c1-25(2)20-9-12-29(6)21(27(20,4)11-10-22(25)31)8-7-18-19-17-26(3,23(32)33)13-15-30(19,24(34)35)16-14-28(18,29)5/h7,19-22,31H,8-17H2,1-6H3,(H,32,33)(H,34,35)/t19-,20+,21+,22-,26-,27-,28+,29+,30-/m0/s1. The number of carboxylic acid groups (broad SMARTS) is 2. The van der Waals surface area contributed by atoms with Gasteiger partial charge in [0.25, 0.3) is 0 Å². The quantitative estimate of drug-likeness (QED) is 0.398. The number of aliphatic hydroxyl groups excluding tert-OH is 1. The minimum absolute atomic E-state index is 0.0441. The van der Waals surface area contributed by atoms with Crippen molar-refractivity contribution in [2.45, 2.75) is 112 Å². The van der Waals surface area contributed by atoms with Crippen molar-refractivity contribution in [2.24, 2.45) is 50.2 Å². The number of hydrogen-bond acceptors (Lipinski definition) is 3. The molecule has 0 aliphatic heterocycles. The molecule has 3 N–H and O–H groups in total. The molecule has 0 saturated heterocycles. The smallest absolute Gasteiger partial charge is 0.310 e. The zero-order valence-corrected chi connectivity index (χ0v) is 22.6. The van der Waals surface area contributed by atoms with E-state index in [4.69, 9.17) is 0 Å². The maximum absolute atomic E-state index is 12.8. The molecule has 0 aromatic carbocycles. The van der Waals surface area contributed by atoms with Gasteiger partial charge in [-0.3, -0.25) is 9.59 Å². The molecule has 9 atom stereocenters. The molecule has 4 saturated carbocycles. The average Bonchev–Trinajstić information content (AvgIpc) is 2.77. The van der Waals surface area contributed by atoms with Gasteiger partial charge in [-0.1, -0.05) is 46.3 Å². The highest BCUT2D eigenvalue weighted by molar-refractivity contribution is 5.79. The normalized spacial score (nSPS) is 52.7. The molecule has 5 nitrogen and oxygen atoms in total. The third-order valence-corrected chi connectivity index (χ3v) is 13.3. The second-order valence-electron chi connectivity index (χ2n) is 14.8. The summed E-state index contributed by atoms with van der Waals surface area (Å²) < 4.78 is 0. The summed E-state index contributed by atoms with van der Waals surface area (Å²) >= 11 is 0. The summed E-state index contributed by atoms with van der Waals surface area (Å²) in [6.07, 6.45) is 9.97. The van der Waals surface area contributed by atoms with Crippen LogP contribution in [0.5, 0.6) is 0 Å². The Morgan fingerprint density at radius 2 is 1.49 bits per heavy atom. The predicted octanol–water partition coefficient (Wildman–Crippen LogP) is 6.30. The number of carboxylic acids is 2. The molecule has 0 spiro atoms.